The van der Waals surface area contributed by atoms with Crippen LogP contribution in [0.15, 0.2) is 53.4 Å². The number of hydrogen-bond acceptors (Lipinski definition) is 2. The first-order valence-electron chi connectivity index (χ1n) is 8.25. The first-order valence-corrected chi connectivity index (χ1v) is 9.73. The average Bonchev–Trinajstić information content (AvgIpc) is 2.59. The Bertz CT molecular complexity index is 755. The Hall–Kier alpha value is -1.72. The fourth-order valence-electron chi connectivity index (χ4n) is 2.55. The quantitative estimate of drug-likeness (QED) is 0.783. The van der Waals surface area contributed by atoms with Crippen molar-refractivity contribution in [2.24, 2.45) is 0 Å². The minimum Gasteiger partial charge on any atom is -0.207 e. The summed E-state index contributed by atoms with van der Waals surface area (Å²) in [6.07, 6.45) is 1.69. The fourth-order valence-corrected chi connectivity index (χ4v) is 3.86. The van der Waals surface area contributed by atoms with Crippen LogP contribution in [-0.2, 0) is 10.0 Å². The normalized spacial score (nSPS) is 14.3. The molecule has 0 saturated heterocycles. The van der Waals surface area contributed by atoms with E-state index in [-0.39, 0.29) is 10.9 Å². The Labute approximate surface area is 144 Å². The smallest absolute Gasteiger partial charge is 0.207 e. The predicted octanol–water partition coefficient (Wildman–Crippen LogP) is 4.77. The first-order chi connectivity index (χ1) is 11.4. The van der Waals surface area contributed by atoms with Gasteiger partial charge in [0.2, 0.25) is 10.0 Å². The van der Waals surface area contributed by atoms with Crippen molar-refractivity contribution in [1.29, 1.82) is 0 Å². The van der Waals surface area contributed by atoms with Crippen LogP contribution in [-0.4, -0.2) is 8.42 Å². The molecule has 130 valence electrons. The molecule has 5 heteroatoms. The van der Waals surface area contributed by atoms with Gasteiger partial charge in [-0.1, -0.05) is 45.0 Å². The van der Waals surface area contributed by atoms with E-state index in [4.69, 9.17) is 0 Å². The van der Waals surface area contributed by atoms with Crippen molar-refractivity contribution in [3.63, 3.8) is 0 Å². The summed E-state index contributed by atoms with van der Waals surface area (Å²) in [5.74, 6) is 0.0247. The highest BCUT2D eigenvalue weighted by Gasteiger charge is 2.20. The SMILES string of the molecule is CCC(C)c1ccc(C(CC)NS(=O)(=O)c2ccc(F)cc2)cc1. The molecule has 0 radical (unpaired) electrons. The molecule has 0 amide bonds. The van der Waals surface area contributed by atoms with E-state index in [1.807, 2.05) is 19.1 Å². The standard InChI is InChI=1S/C19H24FNO2S/c1-4-14(3)15-6-8-16(9-7-15)19(5-2)21-24(22,23)18-12-10-17(20)11-13-18/h6-14,19,21H,4-5H2,1-3H3. The van der Waals surface area contributed by atoms with Gasteiger partial charge in [-0.15, -0.1) is 0 Å². The summed E-state index contributed by atoms with van der Waals surface area (Å²) in [7, 11) is -3.68. The van der Waals surface area contributed by atoms with Gasteiger partial charge in [0.15, 0.2) is 0 Å². The van der Waals surface area contributed by atoms with E-state index in [0.29, 0.717) is 12.3 Å². The van der Waals surface area contributed by atoms with Crippen LogP contribution < -0.4 is 4.72 Å². The molecule has 2 atom stereocenters. The molecule has 3 nitrogen and oxygen atoms in total. The zero-order valence-corrected chi connectivity index (χ0v) is 15.1. The van der Waals surface area contributed by atoms with Gasteiger partial charge in [-0.25, -0.2) is 17.5 Å². The van der Waals surface area contributed by atoms with Crippen molar-refractivity contribution in [2.75, 3.05) is 0 Å². The zero-order chi connectivity index (χ0) is 17.7. The van der Waals surface area contributed by atoms with E-state index in [0.717, 1.165) is 24.1 Å². The third-order valence-corrected chi connectivity index (χ3v) is 5.84. The summed E-state index contributed by atoms with van der Waals surface area (Å²) in [4.78, 5) is 0.0681. The molecule has 0 aromatic heterocycles. The molecular weight excluding hydrogens is 325 g/mol. The molecule has 0 bridgehead atoms. The van der Waals surface area contributed by atoms with Gasteiger partial charge in [-0.3, -0.25) is 0 Å². The van der Waals surface area contributed by atoms with Crippen LogP contribution in [0.5, 0.6) is 0 Å². The maximum absolute atomic E-state index is 13.0. The largest absolute Gasteiger partial charge is 0.241 e. The first kappa shape index (κ1) is 18.6. The van der Waals surface area contributed by atoms with E-state index in [2.05, 4.69) is 30.7 Å². The van der Waals surface area contributed by atoms with Crippen LogP contribution in [0, 0.1) is 5.82 Å². The molecule has 2 rings (SSSR count). The van der Waals surface area contributed by atoms with Gasteiger partial charge in [-0.2, -0.15) is 0 Å². The molecular formula is C19H24FNO2S. The van der Waals surface area contributed by atoms with E-state index < -0.39 is 15.8 Å². The second-order valence-electron chi connectivity index (χ2n) is 6.01. The lowest BCUT2D eigenvalue weighted by Gasteiger charge is -2.19. The molecule has 0 fully saturated rings. The molecule has 0 aliphatic carbocycles. The molecule has 1 N–H and O–H groups in total. The van der Waals surface area contributed by atoms with E-state index in [1.165, 1.54) is 17.7 Å². The Morgan fingerprint density at radius 3 is 1.96 bits per heavy atom. The van der Waals surface area contributed by atoms with Gasteiger partial charge in [0.05, 0.1) is 4.90 Å². The minimum atomic E-state index is -3.68. The van der Waals surface area contributed by atoms with Gasteiger partial charge < -0.3 is 0 Å². The lowest BCUT2D eigenvalue weighted by atomic mass is 9.96. The zero-order valence-electron chi connectivity index (χ0n) is 14.3. The molecule has 0 spiro atoms. The van der Waals surface area contributed by atoms with Gasteiger partial charge in [0, 0.05) is 6.04 Å². The van der Waals surface area contributed by atoms with Crippen molar-refractivity contribution in [3.8, 4) is 0 Å². The number of rotatable bonds is 7. The van der Waals surface area contributed by atoms with E-state index >= 15 is 0 Å². The van der Waals surface area contributed by atoms with Gasteiger partial charge in [0.25, 0.3) is 0 Å². The second kappa shape index (κ2) is 7.90. The molecule has 0 aliphatic heterocycles. The van der Waals surface area contributed by atoms with Crippen LogP contribution in [0.25, 0.3) is 0 Å². The third-order valence-electron chi connectivity index (χ3n) is 4.35. The molecule has 0 saturated carbocycles. The second-order valence-corrected chi connectivity index (χ2v) is 7.73. The summed E-state index contributed by atoms with van der Waals surface area (Å²) in [6.45, 7) is 6.24. The number of nitrogens with one attached hydrogen (secondary N) is 1. The maximum atomic E-state index is 13.0. The highest BCUT2D eigenvalue weighted by atomic mass is 32.2. The number of benzene rings is 2. The molecule has 2 unspecified atom stereocenters. The minimum absolute atomic E-state index is 0.0681. The highest BCUT2D eigenvalue weighted by molar-refractivity contribution is 7.89. The summed E-state index contributed by atoms with van der Waals surface area (Å²) in [5.41, 5.74) is 2.17. The fraction of sp³-hybridized carbons (Fsp3) is 0.368. The summed E-state index contributed by atoms with van der Waals surface area (Å²) in [5, 5.41) is 0. The van der Waals surface area contributed by atoms with Crippen molar-refractivity contribution < 1.29 is 12.8 Å². The lowest BCUT2D eigenvalue weighted by molar-refractivity contribution is 0.549. The van der Waals surface area contributed by atoms with Crippen LogP contribution in [0.1, 0.15) is 56.7 Å². The molecule has 24 heavy (non-hydrogen) atoms. The number of sulfonamides is 1. The van der Waals surface area contributed by atoms with E-state index in [1.54, 1.807) is 0 Å². The molecule has 0 heterocycles. The van der Waals surface area contributed by atoms with Gasteiger partial charge in [-0.05, 0) is 54.2 Å². The van der Waals surface area contributed by atoms with Crippen LogP contribution in [0.3, 0.4) is 0 Å². The van der Waals surface area contributed by atoms with Crippen LogP contribution in [0.2, 0.25) is 0 Å². The molecule has 2 aromatic rings. The van der Waals surface area contributed by atoms with Gasteiger partial charge >= 0.3 is 0 Å². The van der Waals surface area contributed by atoms with Crippen molar-refractivity contribution >= 4 is 10.0 Å². The van der Waals surface area contributed by atoms with Crippen molar-refractivity contribution in [2.45, 2.75) is 50.5 Å². The summed E-state index contributed by atoms with van der Waals surface area (Å²) in [6, 6.07) is 12.6. The van der Waals surface area contributed by atoms with Crippen LogP contribution >= 0.6 is 0 Å². The summed E-state index contributed by atoms with van der Waals surface area (Å²) >= 11 is 0. The Morgan fingerprint density at radius 1 is 0.917 bits per heavy atom. The Kier molecular flexibility index (Phi) is 6.13. The van der Waals surface area contributed by atoms with Crippen molar-refractivity contribution in [1.82, 2.24) is 4.72 Å². The maximum Gasteiger partial charge on any atom is 0.241 e. The summed E-state index contributed by atoms with van der Waals surface area (Å²) < 4.78 is 40.6. The number of halogens is 1. The topological polar surface area (TPSA) is 46.2 Å². The van der Waals surface area contributed by atoms with E-state index in [9.17, 15) is 12.8 Å². The van der Waals surface area contributed by atoms with Gasteiger partial charge in [0.1, 0.15) is 5.82 Å². The number of hydrogen-bond donors (Lipinski definition) is 1. The van der Waals surface area contributed by atoms with Crippen LogP contribution in [0.4, 0.5) is 4.39 Å². The Morgan fingerprint density at radius 2 is 1.46 bits per heavy atom. The Balaban J connectivity index is 2.20. The average molecular weight is 349 g/mol. The molecule has 0 aliphatic rings. The van der Waals surface area contributed by atoms with Crippen molar-refractivity contribution in [3.05, 3.63) is 65.5 Å². The predicted molar refractivity (Wildman–Crippen MR) is 94.9 cm³/mol. The third kappa shape index (κ3) is 4.42. The molecule has 2 aromatic carbocycles. The highest BCUT2D eigenvalue weighted by Crippen LogP contribution is 2.24. The lowest BCUT2D eigenvalue weighted by Crippen LogP contribution is -2.28. The monoisotopic (exact) mass is 349 g/mol.